The van der Waals surface area contributed by atoms with Crippen LogP contribution in [0.2, 0.25) is 0 Å². The number of hydrogen-bond acceptors (Lipinski definition) is 4. The lowest BCUT2D eigenvalue weighted by Gasteiger charge is -2.16. The zero-order valence-electron chi connectivity index (χ0n) is 10.1. The van der Waals surface area contributed by atoms with Crippen molar-refractivity contribution in [3.63, 3.8) is 0 Å². The summed E-state index contributed by atoms with van der Waals surface area (Å²) in [6, 6.07) is 5.83. The van der Waals surface area contributed by atoms with Crippen LogP contribution in [-0.2, 0) is 6.54 Å². The van der Waals surface area contributed by atoms with Crippen molar-refractivity contribution in [2.45, 2.75) is 6.54 Å². The van der Waals surface area contributed by atoms with Crippen molar-refractivity contribution in [1.82, 2.24) is 4.98 Å². The molecular weight excluding hydrogens is 362 g/mol. The molecule has 0 saturated heterocycles. The number of rotatable bonds is 4. The fourth-order valence-electron chi connectivity index (χ4n) is 1.55. The van der Waals surface area contributed by atoms with Gasteiger partial charge in [-0.05, 0) is 50.1 Å². The van der Waals surface area contributed by atoms with E-state index in [1.54, 1.807) is 6.20 Å². The summed E-state index contributed by atoms with van der Waals surface area (Å²) in [5.41, 5.74) is 0.978. The molecule has 0 radical (unpaired) electrons. The fourth-order valence-corrected chi connectivity index (χ4v) is 2.21. The number of pyridine rings is 1. The standard InChI is InChI=1S/C12H13Br2N3O/c1-17(2)12-10(4-3-5-15-12)16-7-8-6-9(13)11(14)18-8/h3-6,16H,7H2,1-2H3. The number of nitrogens with zero attached hydrogens (tertiary/aromatic N) is 2. The Balaban J connectivity index is 2.10. The van der Waals surface area contributed by atoms with Crippen molar-refractivity contribution in [2.24, 2.45) is 0 Å². The van der Waals surface area contributed by atoms with E-state index in [2.05, 4.69) is 42.2 Å². The number of halogens is 2. The normalized spacial score (nSPS) is 10.4. The topological polar surface area (TPSA) is 41.3 Å². The summed E-state index contributed by atoms with van der Waals surface area (Å²) in [6.45, 7) is 0.608. The average Bonchev–Trinajstić information content (AvgIpc) is 2.66. The van der Waals surface area contributed by atoms with Crippen LogP contribution in [0, 0.1) is 0 Å². The highest BCUT2D eigenvalue weighted by Crippen LogP contribution is 2.28. The molecule has 96 valence electrons. The van der Waals surface area contributed by atoms with Crippen LogP contribution in [0.4, 0.5) is 11.5 Å². The first-order valence-corrected chi connectivity index (χ1v) is 6.96. The molecule has 2 aromatic heterocycles. The number of nitrogens with one attached hydrogen (secondary N) is 1. The minimum Gasteiger partial charge on any atom is -0.451 e. The number of hydrogen-bond donors (Lipinski definition) is 1. The second-order valence-electron chi connectivity index (χ2n) is 3.96. The summed E-state index contributed by atoms with van der Waals surface area (Å²) >= 11 is 6.71. The molecule has 1 N–H and O–H groups in total. The van der Waals surface area contributed by atoms with Gasteiger partial charge in [-0.25, -0.2) is 4.98 Å². The van der Waals surface area contributed by atoms with Crippen LogP contribution in [0.3, 0.4) is 0 Å². The maximum Gasteiger partial charge on any atom is 0.183 e. The maximum atomic E-state index is 5.51. The van der Waals surface area contributed by atoms with Crippen molar-refractivity contribution in [1.29, 1.82) is 0 Å². The molecule has 0 saturated carbocycles. The van der Waals surface area contributed by atoms with Gasteiger partial charge >= 0.3 is 0 Å². The van der Waals surface area contributed by atoms with E-state index in [4.69, 9.17) is 4.42 Å². The monoisotopic (exact) mass is 373 g/mol. The third-order valence-electron chi connectivity index (χ3n) is 2.36. The Morgan fingerprint density at radius 2 is 2.17 bits per heavy atom. The van der Waals surface area contributed by atoms with Crippen molar-refractivity contribution in [3.8, 4) is 0 Å². The van der Waals surface area contributed by atoms with Crippen LogP contribution >= 0.6 is 31.9 Å². The van der Waals surface area contributed by atoms with Crippen LogP contribution in [0.5, 0.6) is 0 Å². The zero-order valence-corrected chi connectivity index (χ0v) is 13.2. The summed E-state index contributed by atoms with van der Waals surface area (Å²) in [4.78, 5) is 6.30. The van der Waals surface area contributed by atoms with Crippen molar-refractivity contribution in [2.75, 3.05) is 24.3 Å². The molecule has 0 amide bonds. The lowest BCUT2D eigenvalue weighted by atomic mass is 10.3. The lowest BCUT2D eigenvalue weighted by Crippen LogP contribution is -2.13. The molecule has 0 aliphatic carbocycles. The van der Waals surface area contributed by atoms with Crippen molar-refractivity contribution < 1.29 is 4.42 Å². The Kier molecular flexibility index (Phi) is 4.29. The van der Waals surface area contributed by atoms with E-state index in [0.29, 0.717) is 11.2 Å². The first-order chi connectivity index (χ1) is 8.58. The molecule has 2 rings (SSSR count). The molecule has 0 unspecified atom stereocenters. The highest BCUT2D eigenvalue weighted by Gasteiger charge is 2.08. The Morgan fingerprint density at radius 3 is 2.78 bits per heavy atom. The van der Waals surface area contributed by atoms with Crippen LogP contribution in [0.1, 0.15) is 5.76 Å². The average molecular weight is 375 g/mol. The lowest BCUT2D eigenvalue weighted by molar-refractivity contribution is 0.494. The highest BCUT2D eigenvalue weighted by molar-refractivity contribution is 9.13. The molecule has 2 heterocycles. The van der Waals surface area contributed by atoms with E-state index in [0.717, 1.165) is 21.7 Å². The third-order valence-corrected chi connectivity index (χ3v) is 4.07. The second-order valence-corrected chi connectivity index (χ2v) is 5.53. The Labute approximate surface area is 123 Å². The first kappa shape index (κ1) is 13.4. The van der Waals surface area contributed by atoms with Crippen LogP contribution in [-0.4, -0.2) is 19.1 Å². The van der Waals surface area contributed by atoms with Crippen molar-refractivity contribution >= 4 is 43.4 Å². The quantitative estimate of drug-likeness (QED) is 0.881. The SMILES string of the molecule is CN(C)c1ncccc1NCc1cc(Br)c(Br)o1. The molecule has 4 nitrogen and oxygen atoms in total. The van der Waals surface area contributed by atoms with E-state index >= 15 is 0 Å². The van der Waals surface area contributed by atoms with Gasteiger partial charge in [-0.15, -0.1) is 0 Å². The molecule has 0 atom stereocenters. The Morgan fingerprint density at radius 1 is 1.39 bits per heavy atom. The van der Waals surface area contributed by atoms with Gasteiger partial charge in [0, 0.05) is 20.3 Å². The molecule has 0 aromatic carbocycles. The zero-order chi connectivity index (χ0) is 13.1. The predicted molar refractivity (Wildman–Crippen MR) is 80.0 cm³/mol. The van der Waals surface area contributed by atoms with Crippen LogP contribution in [0.25, 0.3) is 0 Å². The number of furan rings is 1. The van der Waals surface area contributed by atoms with E-state index < -0.39 is 0 Å². The maximum absolute atomic E-state index is 5.51. The Bertz CT molecular complexity index is 520. The molecule has 2 aromatic rings. The van der Waals surface area contributed by atoms with E-state index in [1.807, 2.05) is 37.2 Å². The Hall–Kier alpha value is -1.01. The van der Waals surface area contributed by atoms with Crippen molar-refractivity contribution in [3.05, 3.63) is 39.3 Å². The van der Waals surface area contributed by atoms with Gasteiger partial charge in [0.1, 0.15) is 5.76 Å². The molecule has 6 heteroatoms. The highest BCUT2D eigenvalue weighted by atomic mass is 79.9. The summed E-state index contributed by atoms with van der Waals surface area (Å²) < 4.78 is 7.13. The number of anilines is 2. The minimum atomic E-state index is 0.608. The van der Waals surface area contributed by atoms with E-state index in [1.165, 1.54) is 0 Å². The van der Waals surface area contributed by atoms with Gasteiger partial charge in [-0.1, -0.05) is 0 Å². The first-order valence-electron chi connectivity index (χ1n) is 5.38. The number of aromatic nitrogens is 1. The molecule has 0 aliphatic rings. The second kappa shape index (κ2) is 5.75. The molecule has 0 aliphatic heterocycles. The van der Waals surface area contributed by atoms with E-state index in [9.17, 15) is 0 Å². The van der Waals surface area contributed by atoms with Gasteiger partial charge in [0.15, 0.2) is 10.5 Å². The summed E-state index contributed by atoms with van der Waals surface area (Å²) in [6.07, 6.45) is 1.78. The summed E-state index contributed by atoms with van der Waals surface area (Å²) in [7, 11) is 3.93. The molecule has 0 spiro atoms. The van der Waals surface area contributed by atoms with Gasteiger partial charge in [0.2, 0.25) is 0 Å². The van der Waals surface area contributed by atoms with Gasteiger partial charge in [0.05, 0.1) is 16.7 Å². The van der Waals surface area contributed by atoms with Gasteiger partial charge in [0.25, 0.3) is 0 Å². The largest absolute Gasteiger partial charge is 0.451 e. The van der Waals surface area contributed by atoms with E-state index in [-0.39, 0.29) is 0 Å². The fraction of sp³-hybridized carbons (Fsp3) is 0.250. The smallest absolute Gasteiger partial charge is 0.183 e. The molecule has 0 fully saturated rings. The van der Waals surface area contributed by atoms with Gasteiger partial charge < -0.3 is 14.6 Å². The summed E-state index contributed by atoms with van der Waals surface area (Å²) in [5, 5.41) is 3.31. The minimum absolute atomic E-state index is 0.608. The molecule has 0 bridgehead atoms. The van der Waals surface area contributed by atoms with Crippen LogP contribution < -0.4 is 10.2 Å². The van der Waals surface area contributed by atoms with Gasteiger partial charge in [-0.2, -0.15) is 0 Å². The summed E-state index contributed by atoms with van der Waals surface area (Å²) in [5.74, 6) is 1.75. The third kappa shape index (κ3) is 3.05. The van der Waals surface area contributed by atoms with Gasteiger partial charge in [-0.3, -0.25) is 0 Å². The molecule has 18 heavy (non-hydrogen) atoms. The van der Waals surface area contributed by atoms with Crippen LogP contribution in [0.15, 0.2) is 38.0 Å². The predicted octanol–water partition coefficient (Wildman–Crippen LogP) is 3.88. The molecular formula is C12H13Br2N3O.